The predicted octanol–water partition coefficient (Wildman–Crippen LogP) is 3.49. The third kappa shape index (κ3) is 3.06. The molecule has 0 aliphatic carbocycles. The van der Waals surface area contributed by atoms with Crippen LogP contribution >= 0.6 is 15.9 Å². The summed E-state index contributed by atoms with van der Waals surface area (Å²) in [5.41, 5.74) is 3.44. The van der Waals surface area contributed by atoms with Crippen LogP contribution in [0, 0.1) is 28.4 Å². The zero-order chi connectivity index (χ0) is 15.6. The number of nitrogens with one attached hydrogen (secondary N) is 1. The number of rotatable bonds is 4. The fraction of sp³-hybridized carbons (Fsp3) is 0.214. The molecule has 0 bridgehead atoms. The zero-order valence-corrected chi connectivity index (χ0v) is 13.1. The molecule has 1 aromatic carbocycles. The minimum atomic E-state index is -0.436. The van der Waals surface area contributed by atoms with Gasteiger partial charge in [-0.1, -0.05) is 0 Å². The van der Waals surface area contributed by atoms with Crippen molar-refractivity contribution < 1.29 is 4.92 Å². The van der Waals surface area contributed by atoms with Gasteiger partial charge in [0.1, 0.15) is 11.8 Å². The quantitative estimate of drug-likeness (QED) is 0.676. The van der Waals surface area contributed by atoms with E-state index in [4.69, 9.17) is 5.26 Å². The summed E-state index contributed by atoms with van der Waals surface area (Å²) in [6.07, 6.45) is 0. The van der Waals surface area contributed by atoms with Gasteiger partial charge in [0.2, 0.25) is 0 Å². The summed E-state index contributed by atoms with van der Waals surface area (Å²) >= 11 is 3.19. The maximum absolute atomic E-state index is 10.8. The second kappa shape index (κ2) is 5.97. The summed E-state index contributed by atoms with van der Waals surface area (Å²) in [6.45, 7) is 2.50. The molecule has 0 spiro atoms. The van der Waals surface area contributed by atoms with E-state index in [2.05, 4.69) is 27.3 Å². The van der Waals surface area contributed by atoms with E-state index in [1.807, 2.05) is 24.6 Å². The van der Waals surface area contributed by atoms with E-state index in [0.29, 0.717) is 16.7 Å². The van der Waals surface area contributed by atoms with E-state index in [9.17, 15) is 10.1 Å². The normalized spacial score (nSPS) is 10.2. The second-order valence-corrected chi connectivity index (χ2v) is 5.44. The van der Waals surface area contributed by atoms with Crippen LogP contribution in [0.5, 0.6) is 0 Å². The zero-order valence-electron chi connectivity index (χ0n) is 11.6. The van der Waals surface area contributed by atoms with Crippen molar-refractivity contribution in [2.75, 3.05) is 5.32 Å². The number of halogens is 1. The Balaban J connectivity index is 2.16. The molecule has 1 heterocycles. The fourth-order valence-electron chi connectivity index (χ4n) is 2.01. The minimum absolute atomic E-state index is 0.0307. The predicted molar refractivity (Wildman–Crippen MR) is 83.0 cm³/mol. The highest BCUT2D eigenvalue weighted by Gasteiger charge is 2.12. The topological polar surface area (TPSA) is 83.9 Å². The van der Waals surface area contributed by atoms with Gasteiger partial charge >= 0.3 is 0 Å². The molecule has 0 fully saturated rings. The molecule has 0 radical (unpaired) electrons. The van der Waals surface area contributed by atoms with Crippen molar-refractivity contribution in [1.29, 1.82) is 5.26 Å². The molecule has 1 N–H and O–H groups in total. The molecule has 1 aromatic heterocycles. The van der Waals surface area contributed by atoms with Crippen LogP contribution in [0.2, 0.25) is 0 Å². The summed E-state index contributed by atoms with van der Waals surface area (Å²) in [7, 11) is 1.85. The number of hydrogen-bond acceptors (Lipinski definition) is 4. The highest BCUT2D eigenvalue weighted by atomic mass is 79.9. The number of nitro groups is 1. The Morgan fingerprint density at radius 1 is 1.48 bits per heavy atom. The third-order valence-electron chi connectivity index (χ3n) is 3.38. The first-order chi connectivity index (χ1) is 9.93. The van der Waals surface area contributed by atoms with Gasteiger partial charge in [0.25, 0.3) is 5.69 Å². The molecule has 0 saturated carbocycles. The Kier molecular flexibility index (Phi) is 4.29. The van der Waals surface area contributed by atoms with Crippen LogP contribution in [-0.2, 0) is 13.6 Å². The Morgan fingerprint density at radius 2 is 2.19 bits per heavy atom. The Morgan fingerprint density at radius 3 is 2.71 bits per heavy atom. The Hall–Kier alpha value is -2.33. The van der Waals surface area contributed by atoms with E-state index >= 15 is 0 Å². The van der Waals surface area contributed by atoms with Gasteiger partial charge in [0, 0.05) is 31.0 Å². The number of anilines is 1. The third-order valence-corrected chi connectivity index (χ3v) is 4.02. The summed E-state index contributed by atoms with van der Waals surface area (Å²) < 4.78 is 2.27. The molecular weight excluding hydrogens is 336 g/mol. The van der Waals surface area contributed by atoms with Gasteiger partial charge in [0.15, 0.2) is 0 Å². The minimum Gasteiger partial charge on any atom is -0.381 e. The molecule has 2 rings (SSSR count). The number of nitriles is 1. The smallest absolute Gasteiger partial charge is 0.283 e. The highest BCUT2D eigenvalue weighted by Crippen LogP contribution is 2.28. The Bertz CT molecular complexity index is 746. The highest BCUT2D eigenvalue weighted by molar-refractivity contribution is 9.10. The van der Waals surface area contributed by atoms with E-state index < -0.39 is 4.92 Å². The van der Waals surface area contributed by atoms with Crippen LogP contribution in [0.3, 0.4) is 0 Å². The monoisotopic (exact) mass is 348 g/mol. The van der Waals surface area contributed by atoms with Crippen molar-refractivity contribution in [1.82, 2.24) is 4.57 Å². The van der Waals surface area contributed by atoms with Gasteiger partial charge in [-0.2, -0.15) is 5.26 Å². The van der Waals surface area contributed by atoms with Crippen LogP contribution in [0.1, 0.15) is 17.0 Å². The first-order valence-electron chi connectivity index (χ1n) is 6.17. The molecule has 0 amide bonds. The average Bonchev–Trinajstić information content (AvgIpc) is 2.72. The standard InChI is InChI=1S/C14H13BrN4O2/c1-9-10(5-12(7-16)18(9)2)8-17-11-3-4-14(19(20)21)13(15)6-11/h3-6,17H,8H2,1-2H3. The van der Waals surface area contributed by atoms with Crippen molar-refractivity contribution in [2.24, 2.45) is 7.05 Å². The van der Waals surface area contributed by atoms with Crippen molar-refractivity contribution in [2.45, 2.75) is 13.5 Å². The van der Waals surface area contributed by atoms with Crippen LogP contribution in [0.15, 0.2) is 28.7 Å². The maximum Gasteiger partial charge on any atom is 0.283 e. The van der Waals surface area contributed by atoms with Gasteiger partial charge in [-0.3, -0.25) is 10.1 Å². The lowest BCUT2D eigenvalue weighted by molar-refractivity contribution is -0.385. The van der Waals surface area contributed by atoms with Crippen LogP contribution in [0.4, 0.5) is 11.4 Å². The Labute approximate surface area is 130 Å². The van der Waals surface area contributed by atoms with E-state index in [-0.39, 0.29) is 5.69 Å². The summed E-state index contributed by atoms with van der Waals surface area (Å²) in [4.78, 5) is 10.3. The van der Waals surface area contributed by atoms with Crippen molar-refractivity contribution in [3.63, 3.8) is 0 Å². The molecule has 0 aliphatic rings. The molecule has 0 aliphatic heterocycles. The van der Waals surface area contributed by atoms with Gasteiger partial charge in [0.05, 0.1) is 9.40 Å². The van der Waals surface area contributed by atoms with E-state index in [1.165, 1.54) is 6.07 Å². The SMILES string of the molecule is Cc1c(CNc2ccc([N+](=O)[O-])c(Br)c2)cc(C#N)n1C. The lowest BCUT2D eigenvalue weighted by Crippen LogP contribution is -2.02. The lowest BCUT2D eigenvalue weighted by Gasteiger charge is -2.07. The van der Waals surface area contributed by atoms with Crippen LogP contribution in [-0.4, -0.2) is 9.49 Å². The number of hydrogen-bond donors (Lipinski definition) is 1. The van der Waals surface area contributed by atoms with Gasteiger partial charge in [-0.25, -0.2) is 0 Å². The van der Waals surface area contributed by atoms with Gasteiger partial charge in [-0.05, 0) is 46.6 Å². The maximum atomic E-state index is 10.8. The molecule has 0 saturated heterocycles. The van der Waals surface area contributed by atoms with Crippen LogP contribution < -0.4 is 5.32 Å². The first kappa shape index (κ1) is 15.1. The number of nitrogens with zero attached hydrogens (tertiary/aromatic N) is 3. The van der Waals surface area contributed by atoms with E-state index in [0.717, 1.165) is 16.9 Å². The summed E-state index contributed by atoms with van der Waals surface area (Å²) in [6, 6.07) is 8.75. The molecule has 2 aromatic rings. The first-order valence-corrected chi connectivity index (χ1v) is 6.96. The molecule has 108 valence electrons. The average molecular weight is 349 g/mol. The summed E-state index contributed by atoms with van der Waals surface area (Å²) in [5, 5.41) is 22.9. The molecular formula is C14H13BrN4O2. The van der Waals surface area contributed by atoms with Crippen LogP contribution in [0.25, 0.3) is 0 Å². The number of benzene rings is 1. The molecule has 6 nitrogen and oxygen atoms in total. The van der Waals surface area contributed by atoms with Gasteiger partial charge in [-0.15, -0.1) is 0 Å². The van der Waals surface area contributed by atoms with Gasteiger partial charge < -0.3 is 9.88 Å². The molecule has 21 heavy (non-hydrogen) atoms. The van der Waals surface area contributed by atoms with Crippen molar-refractivity contribution in [3.05, 3.63) is 55.8 Å². The number of aromatic nitrogens is 1. The lowest BCUT2D eigenvalue weighted by atomic mass is 10.2. The second-order valence-electron chi connectivity index (χ2n) is 4.59. The fourth-order valence-corrected chi connectivity index (χ4v) is 2.53. The van der Waals surface area contributed by atoms with Crippen molar-refractivity contribution >= 4 is 27.3 Å². The molecule has 0 atom stereocenters. The molecule has 7 heteroatoms. The molecule has 0 unspecified atom stereocenters. The number of nitro benzene ring substituents is 1. The largest absolute Gasteiger partial charge is 0.381 e. The summed E-state index contributed by atoms with van der Waals surface area (Å²) in [5.74, 6) is 0. The van der Waals surface area contributed by atoms with E-state index in [1.54, 1.807) is 12.1 Å². The van der Waals surface area contributed by atoms with Crippen molar-refractivity contribution in [3.8, 4) is 6.07 Å².